The number of primary amides is 1. The standard InChI is InChI=1S/C16H22N2O2/c17-16(20)14(10-12-6-2-1-3-7-12)18-15(19)11-13-8-4-5-9-13/h1-3,6-7,13-14H,4-5,8-11H2,(H2,17,20)(H,18,19)/t14-/m1/s1. The Bertz CT molecular complexity index is 453. The minimum absolute atomic E-state index is 0.0587. The molecule has 1 aromatic rings. The van der Waals surface area contributed by atoms with Crippen molar-refractivity contribution in [2.45, 2.75) is 44.6 Å². The van der Waals surface area contributed by atoms with Crippen molar-refractivity contribution >= 4 is 11.8 Å². The van der Waals surface area contributed by atoms with Gasteiger partial charge in [0, 0.05) is 12.8 Å². The molecule has 108 valence electrons. The first-order valence-corrected chi connectivity index (χ1v) is 7.28. The van der Waals surface area contributed by atoms with E-state index in [2.05, 4.69) is 5.32 Å². The van der Waals surface area contributed by atoms with Crippen molar-refractivity contribution in [2.24, 2.45) is 11.7 Å². The highest BCUT2D eigenvalue weighted by Crippen LogP contribution is 2.27. The third-order valence-electron chi connectivity index (χ3n) is 3.91. The summed E-state index contributed by atoms with van der Waals surface area (Å²) in [7, 11) is 0. The van der Waals surface area contributed by atoms with Crippen LogP contribution >= 0.6 is 0 Å². The van der Waals surface area contributed by atoms with Gasteiger partial charge in [0.05, 0.1) is 0 Å². The first-order valence-electron chi connectivity index (χ1n) is 7.28. The van der Waals surface area contributed by atoms with Gasteiger partial charge in [0.2, 0.25) is 11.8 Å². The van der Waals surface area contributed by atoms with Crippen LogP contribution in [0.3, 0.4) is 0 Å². The number of rotatable bonds is 6. The zero-order valence-electron chi connectivity index (χ0n) is 11.7. The van der Waals surface area contributed by atoms with Crippen molar-refractivity contribution in [3.63, 3.8) is 0 Å². The maximum Gasteiger partial charge on any atom is 0.240 e. The Hall–Kier alpha value is -1.84. The highest BCUT2D eigenvalue weighted by Gasteiger charge is 2.22. The molecule has 0 radical (unpaired) electrons. The maximum absolute atomic E-state index is 12.0. The van der Waals surface area contributed by atoms with Crippen LogP contribution in [-0.2, 0) is 16.0 Å². The predicted molar refractivity (Wildman–Crippen MR) is 77.8 cm³/mol. The monoisotopic (exact) mass is 274 g/mol. The van der Waals surface area contributed by atoms with Crippen LogP contribution < -0.4 is 11.1 Å². The molecule has 0 spiro atoms. The van der Waals surface area contributed by atoms with E-state index in [9.17, 15) is 9.59 Å². The van der Waals surface area contributed by atoms with E-state index in [-0.39, 0.29) is 5.91 Å². The molecule has 20 heavy (non-hydrogen) atoms. The van der Waals surface area contributed by atoms with Crippen LogP contribution in [-0.4, -0.2) is 17.9 Å². The third-order valence-corrected chi connectivity index (χ3v) is 3.91. The van der Waals surface area contributed by atoms with E-state index in [0.717, 1.165) is 18.4 Å². The lowest BCUT2D eigenvalue weighted by atomic mass is 10.0. The van der Waals surface area contributed by atoms with Gasteiger partial charge in [-0.25, -0.2) is 0 Å². The number of nitrogens with one attached hydrogen (secondary N) is 1. The summed E-state index contributed by atoms with van der Waals surface area (Å²) in [5.41, 5.74) is 6.38. The van der Waals surface area contributed by atoms with E-state index in [1.54, 1.807) is 0 Å². The molecular weight excluding hydrogens is 252 g/mol. The molecule has 0 aliphatic heterocycles. The predicted octanol–water partition coefficient (Wildman–Crippen LogP) is 1.78. The van der Waals surface area contributed by atoms with Crippen molar-refractivity contribution < 1.29 is 9.59 Å². The van der Waals surface area contributed by atoms with Crippen LogP contribution in [0.5, 0.6) is 0 Å². The van der Waals surface area contributed by atoms with Gasteiger partial charge in [0.1, 0.15) is 6.04 Å². The van der Waals surface area contributed by atoms with Gasteiger partial charge in [-0.15, -0.1) is 0 Å². The number of benzene rings is 1. The summed E-state index contributed by atoms with van der Waals surface area (Å²) in [6.45, 7) is 0. The molecule has 0 saturated heterocycles. The fourth-order valence-corrected chi connectivity index (χ4v) is 2.80. The smallest absolute Gasteiger partial charge is 0.240 e. The van der Waals surface area contributed by atoms with Gasteiger partial charge in [-0.2, -0.15) is 0 Å². The van der Waals surface area contributed by atoms with Gasteiger partial charge in [-0.1, -0.05) is 43.2 Å². The molecule has 1 aromatic carbocycles. The van der Waals surface area contributed by atoms with Crippen LogP contribution in [0.4, 0.5) is 0 Å². The number of carbonyl (C=O) groups is 2. The van der Waals surface area contributed by atoms with Crippen molar-refractivity contribution in [1.82, 2.24) is 5.32 Å². The van der Waals surface area contributed by atoms with Gasteiger partial charge in [0.15, 0.2) is 0 Å². The second kappa shape index (κ2) is 7.08. The van der Waals surface area contributed by atoms with E-state index in [0.29, 0.717) is 18.8 Å². The second-order valence-corrected chi connectivity index (χ2v) is 5.57. The van der Waals surface area contributed by atoms with Gasteiger partial charge < -0.3 is 11.1 Å². The summed E-state index contributed by atoms with van der Waals surface area (Å²) in [5, 5.41) is 2.78. The zero-order valence-corrected chi connectivity index (χ0v) is 11.7. The summed E-state index contributed by atoms with van der Waals surface area (Å²) in [6, 6.07) is 8.98. The summed E-state index contributed by atoms with van der Waals surface area (Å²) in [5.74, 6) is -0.0643. The lowest BCUT2D eigenvalue weighted by Crippen LogP contribution is -2.46. The average molecular weight is 274 g/mol. The fourth-order valence-electron chi connectivity index (χ4n) is 2.80. The van der Waals surface area contributed by atoms with E-state index in [1.807, 2.05) is 30.3 Å². The number of nitrogens with two attached hydrogens (primary N) is 1. The van der Waals surface area contributed by atoms with E-state index in [4.69, 9.17) is 5.73 Å². The summed E-state index contributed by atoms with van der Waals surface area (Å²) < 4.78 is 0. The van der Waals surface area contributed by atoms with Gasteiger partial charge in [-0.3, -0.25) is 9.59 Å². The normalized spacial score (nSPS) is 16.8. The first kappa shape index (κ1) is 14.6. The highest BCUT2D eigenvalue weighted by molar-refractivity contribution is 5.86. The summed E-state index contributed by atoms with van der Waals surface area (Å²) in [6.07, 6.45) is 5.62. The minimum atomic E-state index is -0.619. The molecule has 1 fully saturated rings. The average Bonchev–Trinajstić information content (AvgIpc) is 2.92. The molecule has 0 heterocycles. The topological polar surface area (TPSA) is 72.2 Å². The Kier molecular flexibility index (Phi) is 5.16. The molecule has 0 bridgehead atoms. The molecule has 1 saturated carbocycles. The Labute approximate surface area is 119 Å². The molecule has 1 atom stereocenters. The fraction of sp³-hybridized carbons (Fsp3) is 0.500. The molecule has 1 aliphatic rings. The van der Waals surface area contributed by atoms with Crippen LogP contribution in [0.25, 0.3) is 0 Å². The second-order valence-electron chi connectivity index (χ2n) is 5.57. The Morgan fingerprint density at radius 3 is 2.45 bits per heavy atom. The number of hydrogen-bond donors (Lipinski definition) is 2. The molecule has 4 nitrogen and oxygen atoms in total. The zero-order chi connectivity index (χ0) is 14.4. The minimum Gasteiger partial charge on any atom is -0.368 e. The maximum atomic E-state index is 12.0. The Balaban J connectivity index is 1.88. The van der Waals surface area contributed by atoms with Crippen LogP contribution in [0, 0.1) is 5.92 Å². The molecule has 2 amide bonds. The van der Waals surface area contributed by atoms with Gasteiger partial charge in [-0.05, 0) is 24.3 Å². The number of hydrogen-bond acceptors (Lipinski definition) is 2. The van der Waals surface area contributed by atoms with Crippen molar-refractivity contribution in [3.05, 3.63) is 35.9 Å². The quantitative estimate of drug-likeness (QED) is 0.830. The lowest BCUT2D eigenvalue weighted by molar-refractivity contribution is -0.127. The first-order chi connectivity index (χ1) is 9.65. The summed E-state index contributed by atoms with van der Waals surface area (Å²) >= 11 is 0. The van der Waals surface area contributed by atoms with Crippen molar-refractivity contribution in [3.8, 4) is 0 Å². The SMILES string of the molecule is NC(=O)[C@@H](Cc1ccccc1)NC(=O)CC1CCCC1. The molecular formula is C16H22N2O2. The number of carbonyl (C=O) groups excluding carboxylic acids is 2. The van der Waals surface area contributed by atoms with E-state index < -0.39 is 11.9 Å². The highest BCUT2D eigenvalue weighted by atomic mass is 16.2. The Morgan fingerprint density at radius 2 is 1.85 bits per heavy atom. The van der Waals surface area contributed by atoms with E-state index >= 15 is 0 Å². The summed E-state index contributed by atoms with van der Waals surface area (Å²) in [4.78, 5) is 23.5. The largest absolute Gasteiger partial charge is 0.368 e. The van der Waals surface area contributed by atoms with Gasteiger partial charge >= 0.3 is 0 Å². The molecule has 0 unspecified atom stereocenters. The molecule has 3 N–H and O–H groups in total. The van der Waals surface area contributed by atoms with Crippen molar-refractivity contribution in [2.75, 3.05) is 0 Å². The molecule has 4 heteroatoms. The third kappa shape index (κ3) is 4.37. The number of amides is 2. The van der Waals surface area contributed by atoms with Gasteiger partial charge in [0.25, 0.3) is 0 Å². The van der Waals surface area contributed by atoms with Crippen LogP contribution in [0.2, 0.25) is 0 Å². The molecule has 2 rings (SSSR count). The van der Waals surface area contributed by atoms with E-state index in [1.165, 1.54) is 12.8 Å². The Morgan fingerprint density at radius 1 is 1.20 bits per heavy atom. The molecule has 1 aliphatic carbocycles. The molecule has 0 aromatic heterocycles. The van der Waals surface area contributed by atoms with Crippen LogP contribution in [0.15, 0.2) is 30.3 Å². The lowest BCUT2D eigenvalue weighted by Gasteiger charge is -2.17. The van der Waals surface area contributed by atoms with Crippen LogP contribution in [0.1, 0.15) is 37.7 Å². The van der Waals surface area contributed by atoms with Crippen molar-refractivity contribution in [1.29, 1.82) is 0 Å².